The lowest BCUT2D eigenvalue weighted by Gasteiger charge is -2.35. The predicted molar refractivity (Wildman–Crippen MR) is 85.5 cm³/mol. The molecule has 22 heavy (non-hydrogen) atoms. The highest BCUT2D eigenvalue weighted by atomic mass is 32.1. The van der Waals surface area contributed by atoms with Gasteiger partial charge in [0.2, 0.25) is 0 Å². The van der Waals surface area contributed by atoms with Crippen LogP contribution in [0.25, 0.3) is 0 Å². The minimum Gasteiger partial charge on any atom is -0.390 e. The number of nitrogen functional groups attached to an aromatic ring is 1. The average molecular weight is 319 g/mol. The Balaban J connectivity index is 1.83. The van der Waals surface area contributed by atoms with E-state index in [-0.39, 0.29) is 5.41 Å². The van der Waals surface area contributed by atoms with E-state index in [1.165, 1.54) is 11.3 Å². The Morgan fingerprint density at radius 1 is 1.45 bits per heavy atom. The number of anilines is 1. The highest BCUT2D eigenvalue weighted by molar-refractivity contribution is 7.16. The zero-order valence-corrected chi connectivity index (χ0v) is 13.4. The van der Waals surface area contributed by atoms with Gasteiger partial charge in [-0.2, -0.15) is 5.26 Å². The van der Waals surface area contributed by atoms with Crippen LogP contribution in [-0.4, -0.2) is 19.1 Å². The van der Waals surface area contributed by atoms with Crippen molar-refractivity contribution in [1.82, 2.24) is 0 Å². The first-order valence-corrected chi connectivity index (χ1v) is 8.55. The number of thiophene rings is 1. The summed E-state index contributed by atoms with van der Waals surface area (Å²) < 4.78 is 5.41. The lowest BCUT2D eigenvalue weighted by Crippen LogP contribution is -2.31. The summed E-state index contributed by atoms with van der Waals surface area (Å²) in [5.74, 6) is 0.103. The summed E-state index contributed by atoms with van der Waals surface area (Å²) in [6, 6.07) is 2.57. The van der Waals surface area contributed by atoms with Gasteiger partial charge in [0.05, 0.1) is 22.0 Å². The van der Waals surface area contributed by atoms with E-state index in [1.807, 2.05) is 0 Å². The first-order valence-electron chi connectivity index (χ1n) is 7.73. The minimum absolute atomic E-state index is 0.332. The summed E-state index contributed by atoms with van der Waals surface area (Å²) in [5, 5.41) is 10.3. The van der Waals surface area contributed by atoms with Crippen molar-refractivity contribution < 1.29 is 9.53 Å². The van der Waals surface area contributed by atoms with Gasteiger partial charge in [-0.15, -0.1) is 11.3 Å². The molecule has 1 atom stereocenters. The lowest BCUT2D eigenvalue weighted by molar-refractivity contribution is 0.0518. The third-order valence-electron chi connectivity index (χ3n) is 4.97. The molecule has 1 saturated heterocycles. The molecule has 1 aromatic heterocycles. The van der Waals surface area contributed by atoms with Crippen LogP contribution in [0.1, 0.15) is 46.5 Å². The van der Waals surface area contributed by atoms with Crippen molar-refractivity contribution in [3.63, 3.8) is 0 Å². The van der Waals surface area contributed by atoms with Gasteiger partial charge in [0.25, 0.3) is 5.91 Å². The molecular weight excluding hydrogens is 298 g/mol. The number of nitrogens with two attached hydrogens (primary N) is 2. The summed E-state index contributed by atoms with van der Waals surface area (Å²) in [6.07, 6.45) is 5.18. The van der Waals surface area contributed by atoms with E-state index < -0.39 is 5.91 Å². The molecule has 1 amide bonds. The highest BCUT2D eigenvalue weighted by Crippen LogP contribution is 2.46. The molecule has 1 aliphatic heterocycles. The first kappa shape index (κ1) is 15.3. The molecular formula is C16H21N3O2S. The summed E-state index contributed by atoms with van der Waals surface area (Å²) in [5.41, 5.74) is 12.5. The molecule has 3 rings (SSSR count). The van der Waals surface area contributed by atoms with Crippen LogP contribution in [0.3, 0.4) is 0 Å². The molecule has 2 heterocycles. The third kappa shape index (κ3) is 2.71. The van der Waals surface area contributed by atoms with Gasteiger partial charge in [-0.3, -0.25) is 4.79 Å². The smallest absolute Gasteiger partial charge is 0.251 e. The van der Waals surface area contributed by atoms with E-state index in [0.29, 0.717) is 22.9 Å². The topological polar surface area (TPSA) is 102 Å². The number of fused-ring (bicyclic) bond motifs is 1. The normalized spacial score (nSPS) is 25.4. The van der Waals surface area contributed by atoms with Crippen LogP contribution in [0.2, 0.25) is 0 Å². The third-order valence-corrected chi connectivity index (χ3v) is 6.04. The van der Waals surface area contributed by atoms with E-state index in [4.69, 9.17) is 16.2 Å². The van der Waals surface area contributed by atoms with E-state index >= 15 is 0 Å². The summed E-state index contributed by atoms with van der Waals surface area (Å²) in [7, 11) is 0. The Morgan fingerprint density at radius 3 is 2.82 bits per heavy atom. The molecule has 0 spiro atoms. The van der Waals surface area contributed by atoms with Crippen molar-refractivity contribution in [1.29, 1.82) is 5.26 Å². The molecule has 4 N–H and O–H groups in total. The number of hydrogen-bond acceptors (Lipinski definition) is 5. The van der Waals surface area contributed by atoms with Gasteiger partial charge in [-0.05, 0) is 43.6 Å². The van der Waals surface area contributed by atoms with Gasteiger partial charge in [-0.25, -0.2) is 0 Å². The van der Waals surface area contributed by atoms with E-state index in [1.54, 1.807) is 0 Å². The summed E-state index contributed by atoms with van der Waals surface area (Å²) >= 11 is 1.43. The van der Waals surface area contributed by atoms with Crippen molar-refractivity contribution in [3.8, 4) is 6.07 Å². The minimum atomic E-state index is -0.455. The van der Waals surface area contributed by atoms with Crippen molar-refractivity contribution in [2.75, 3.05) is 18.9 Å². The average Bonchev–Trinajstić information content (AvgIpc) is 2.83. The van der Waals surface area contributed by atoms with Crippen LogP contribution in [0.5, 0.6) is 0 Å². The fourth-order valence-corrected chi connectivity index (χ4v) is 5.06. The second kappa shape index (κ2) is 5.90. The molecule has 118 valence electrons. The maximum Gasteiger partial charge on any atom is 0.251 e. The molecule has 6 heteroatoms. The highest BCUT2D eigenvalue weighted by Gasteiger charge is 2.39. The maximum absolute atomic E-state index is 11.6. The van der Waals surface area contributed by atoms with E-state index in [2.05, 4.69) is 6.07 Å². The van der Waals surface area contributed by atoms with Gasteiger partial charge < -0.3 is 16.2 Å². The molecule has 1 aliphatic carbocycles. The number of primary amides is 1. The Bertz CT molecular complexity index is 628. The van der Waals surface area contributed by atoms with E-state index in [0.717, 1.165) is 55.8 Å². The number of carbonyl (C=O) groups excluding carboxylic acids is 1. The van der Waals surface area contributed by atoms with Crippen LogP contribution in [0, 0.1) is 22.7 Å². The van der Waals surface area contributed by atoms with Crippen molar-refractivity contribution in [2.24, 2.45) is 17.1 Å². The van der Waals surface area contributed by atoms with Gasteiger partial charge in [0, 0.05) is 24.5 Å². The predicted octanol–water partition coefficient (Wildman–Crippen LogP) is 2.24. The second-order valence-corrected chi connectivity index (χ2v) is 7.57. The second-order valence-electron chi connectivity index (χ2n) is 6.44. The zero-order chi connectivity index (χ0) is 15.7. The number of hydrogen-bond donors (Lipinski definition) is 2. The molecule has 0 aromatic carbocycles. The summed E-state index contributed by atoms with van der Waals surface area (Å²) in [4.78, 5) is 12.6. The van der Waals surface area contributed by atoms with Crippen LogP contribution >= 0.6 is 11.3 Å². The van der Waals surface area contributed by atoms with Crippen LogP contribution in [-0.2, 0) is 17.6 Å². The Labute approximate surface area is 134 Å². The van der Waals surface area contributed by atoms with Gasteiger partial charge in [0.15, 0.2) is 0 Å². The van der Waals surface area contributed by atoms with Crippen LogP contribution < -0.4 is 11.5 Å². The Hall–Kier alpha value is -1.58. The largest absolute Gasteiger partial charge is 0.390 e. The fourth-order valence-electron chi connectivity index (χ4n) is 3.79. The van der Waals surface area contributed by atoms with Gasteiger partial charge in [-0.1, -0.05) is 0 Å². The molecule has 0 bridgehead atoms. The van der Waals surface area contributed by atoms with Crippen molar-refractivity contribution in [3.05, 3.63) is 16.0 Å². The molecule has 1 fully saturated rings. The number of nitrogens with zero attached hydrogens (tertiary/aromatic N) is 1. The monoisotopic (exact) mass is 319 g/mol. The quantitative estimate of drug-likeness (QED) is 0.892. The molecule has 0 saturated carbocycles. The lowest BCUT2D eigenvalue weighted by atomic mass is 9.68. The van der Waals surface area contributed by atoms with Gasteiger partial charge in [0.1, 0.15) is 0 Å². The Kier molecular flexibility index (Phi) is 4.11. The number of amides is 1. The van der Waals surface area contributed by atoms with Gasteiger partial charge >= 0.3 is 0 Å². The van der Waals surface area contributed by atoms with E-state index in [9.17, 15) is 10.1 Å². The fraction of sp³-hybridized carbons (Fsp3) is 0.625. The Morgan fingerprint density at radius 2 is 2.18 bits per heavy atom. The first-order chi connectivity index (χ1) is 10.5. The molecule has 5 nitrogen and oxygen atoms in total. The number of nitriles is 1. The molecule has 2 aliphatic rings. The molecule has 1 unspecified atom stereocenters. The van der Waals surface area contributed by atoms with Crippen LogP contribution in [0.4, 0.5) is 5.00 Å². The number of ether oxygens (including phenoxy) is 1. The number of carbonyl (C=O) groups is 1. The molecule has 1 aromatic rings. The zero-order valence-electron chi connectivity index (χ0n) is 12.6. The van der Waals surface area contributed by atoms with Crippen molar-refractivity contribution in [2.45, 2.75) is 38.5 Å². The molecule has 0 radical (unpaired) electrons. The van der Waals surface area contributed by atoms with Crippen LogP contribution in [0.15, 0.2) is 0 Å². The maximum atomic E-state index is 11.6. The number of rotatable bonds is 3. The summed E-state index contributed by atoms with van der Waals surface area (Å²) in [6.45, 7) is 1.60. The standard InChI is InChI=1S/C16H21N3O2S/c17-9-16(7-10-2-5-21-6-3-10)4-1-11-12(8-16)22-15(19)13(11)14(18)20/h10H,1-8,19H2,(H2,18,20). The SMILES string of the molecule is N#CC1(CC2CCOCC2)CCc2c(sc(N)c2C(N)=O)C1. The van der Waals surface area contributed by atoms with Crippen molar-refractivity contribution >= 4 is 22.2 Å².